The number of hydrogen-bond donors (Lipinski definition) is 1. The molecule has 0 unspecified atom stereocenters. The van der Waals surface area contributed by atoms with Gasteiger partial charge in [0.25, 0.3) is 5.91 Å². The normalized spacial score (nSPS) is 23.4. The van der Waals surface area contributed by atoms with Crippen molar-refractivity contribution in [3.8, 4) is 17.0 Å². The first-order valence-electron chi connectivity index (χ1n) is 14.5. The number of benzene rings is 1. The standard InChI is InChI=1S/C33H39N3O4/c1-7-36-30(17(2)3)31-29(32(36)38)28(27-23(37)15-33(13-8-14-33)16-25(27)40-31)26-18(4)20(9-12-24(26)39-6)22-11-10-21(34)19(5)35-22/h9-12,17,28,30H,7-8,13-16,34H2,1-6H3/t28-,30+/m0/s1. The molecule has 6 rings (SSSR count). The molecule has 2 aromatic rings. The van der Waals surface area contributed by atoms with Crippen molar-refractivity contribution in [2.75, 3.05) is 19.4 Å². The number of pyridine rings is 1. The molecule has 2 N–H and O–H groups in total. The Morgan fingerprint density at radius 2 is 1.88 bits per heavy atom. The number of rotatable bonds is 5. The number of methoxy groups -OCH3 is 1. The Balaban J connectivity index is 1.61. The fourth-order valence-corrected chi connectivity index (χ4v) is 7.41. The first kappa shape index (κ1) is 26.6. The third-order valence-electron chi connectivity index (χ3n) is 9.62. The minimum Gasteiger partial charge on any atom is -0.496 e. The van der Waals surface area contributed by atoms with Crippen LogP contribution in [0.5, 0.6) is 5.75 Å². The largest absolute Gasteiger partial charge is 0.496 e. The van der Waals surface area contributed by atoms with Gasteiger partial charge in [0.15, 0.2) is 5.78 Å². The van der Waals surface area contributed by atoms with Gasteiger partial charge in [0, 0.05) is 36.1 Å². The Morgan fingerprint density at radius 1 is 1.12 bits per heavy atom. The van der Waals surface area contributed by atoms with E-state index in [9.17, 15) is 9.59 Å². The van der Waals surface area contributed by atoms with Crippen LogP contribution < -0.4 is 10.5 Å². The van der Waals surface area contributed by atoms with Crippen molar-refractivity contribution in [3.63, 3.8) is 0 Å². The predicted octanol–water partition coefficient (Wildman–Crippen LogP) is 6.00. The molecular weight excluding hydrogens is 502 g/mol. The van der Waals surface area contributed by atoms with Gasteiger partial charge in [-0.1, -0.05) is 20.3 Å². The van der Waals surface area contributed by atoms with Crippen LogP contribution in [-0.2, 0) is 14.3 Å². The molecule has 3 heterocycles. The van der Waals surface area contributed by atoms with E-state index in [1.54, 1.807) is 7.11 Å². The van der Waals surface area contributed by atoms with Gasteiger partial charge in [-0.2, -0.15) is 0 Å². The molecule has 1 aromatic heterocycles. The Bertz CT molecular complexity index is 1500. The second kappa shape index (κ2) is 9.50. The van der Waals surface area contributed by atoms with Gasteiger partial charge in [-0.15, -0.1) is 0 Å². The molecule has 1 saturated carbocycles. The van der Waals surface area contributed by atoms with Gasteiger partial charge in [-0.3, -0.25) is 14.6 Å². The summed E-state index contributed by atoms with van der Waals surface area (Å²) in [5, 5.41) is 0. The van der Waals surface area contributed by atoms with Crippen LogP contribution in [0.15, 0.2) is 46.9 Å². The van der Waals surface area contributed by atoms with Crippen molar-refractivity contribution < 1.29 is 19.1 Å². The van der Waals surface area contributed by atoms with Crippen LogP contribution in [0.4, 0.5) is 5.69 Å². The molecule has 1 aromatic carbocycles. The second-order valence-corrected chi connectivity index (χ2v) is 12.3. The van der Waals surface area contributed by atoms with Gasteiger partial charge < -0.3 is 20.1 Å². The summed E-state index contributed by atoms with van der Waals surface area (Å²) in [4.78, 5) is 34.9. The van der Waals surface area contributed by atoms with Crippen LogP contribution in [0.1, 0.15) is 75.6 Å². The summed E-state index contributed by atoms with van der Waals surface area (Å²) in [5.74, 6) is 1.76. The fourth-order valence-electron chi connectivity index (χ4n) is 7.41. The summed E-state index contributed by atoms with van der Waals surface area (Å²) in [6.45, 7) is 10.8. The van der Waals surface area contributed by atoms with Gasteiger partial charge >= 0.3 is 0 Å². The van der Waals surface area contributed by atoms with Gasteiger partial charge in [0.1, 0.15) is 17.3 Å². The lowest BCUT2D eigenvalue weighted by Gasteiger charge is -2.47. The smallest absolute Gasteiger partial charge is 0.254 e. The van der Waals surface area contributed by atoms with Crippen LogP contribution >= 0.6 is 0 Å². The molecule has 2 aliphatic heterocycles. The average molecular weight is 542 g/mol. The van der Waals surface area contributed by atoms with E-state index in [-0.39, 0.29) is 29.1 Å². The van der Waals surface area contributed by atoms with E-state index in [4.69, 9.17) is 20.2 Å². The summed E-state index contributed by atoms with van der Waals surface area (Å²) in [7, 11) is 1.64. The third kappa shape index (κ3) is 3.80. The summed E-state index contributed by atoms with van der Waals surface area (Å²) < 4.78 is 12.7. The Kier molecular flexibility index (Phi) is 6.32. The molecule has 2 aliphatic carbocycles. The van der Waals surface area contributed by atoms with E-state index in [1.165, 1.54) is 0 Å². The molecule has 1 fully saturated rings. The van der Waals surface area contributed by atoms with E-state index >= 15 is 0 Å². The number of nitrogen functional groups attached to an aromatic ring is 1. The molecule has 40 heavy (non-hydrogen) atoms. The quantitative estimate of drug-likeness (QED) is 0.499. The number of ketones is 1. The summed E-state index contributed by atoms with van der Waals surface area (Å²) in [6.07, 6.45) is 4.48. The van der Waals surface area contributed by atoms with E-state index < -0.39 is 5.92 Å². The Hall–Kier alpha value is -3.61. The molecule has 7 heteroatoms. The number of nitrogens with zero attached hydrogens (tertiary/aromatic N) is 2. The van der Waals surface area contributed by atoms with E-state index in [1.807, 2.05) is 49.9 Å². The lowest BCUT2D eigenvalue weighted by atomic mass is 9.58. The number of aryl methyl sites for hydroxylation is 1. The van der Waals surface area contributed by atoms with Crippen molar-refractivity contribution >= 4 is 17.4 Å². The molecule has 0 saturated heterocycles. The molecule has 0 radical (unpaired) electrons. The van der Waals surface area contributed by atoms with Crippen LogP contribution in [0.25, 0.3) is 11.3 Å². The van der Waals surface area contributed by atoms with Crippen molar-refractivity contribution in [2.45, 2.75) is 78.7 Å². The number of nitrogens with two attached hydrogens (primary N) is 1. The van der Waals surface area contributed by atoms with E-state index in [0.717, 1.165) is 59.5 Å². The number of aromatic nitrogens is 1. The van der Waals surface area contributed by atoms with Crippen molar-refractivity contribution in [3.05, 3.63) is 63.8 Å². The molecule has 1 spiro atoms. The lowest BCUT2D eigenvalue weighted by Crippen LogP contribution is -2.40. The average Bonchev–Trinajstić information content (AvgIpc) is 3.19. The molecule has 210 valence electrons. The highest BCUT2D eigenvalue weighted by atomic mass is 16.5. The number of anilines is 1. The fraction of sp³-hybridized carbons (Fsp3) is 0.485. The lowest BCUT2D eigenvalue weighted by molar-refractivity contribution is -0.127. The van der Waals surface area contributed by atoms with Crippen LogP contribution in [0.3, 0.4) is 0 Å². The van der Waals surface area contributed by atoms with Crippen molar-refractivity contribution in [2.24, 2.45) is 11.3 Å². The minimum atomic E-state index is -0.557. The summed E-state index contributed by atoms with van der Waals surface area (Å²) >= 11 is 0. The second-order valence-electron chi connectivity index (χ2n) is 12.3. The number of allylic oxidation sites excluding steroid dienone is 2. The zero-order chi connectivity index (χ0) is 28.5. The van der Waals surface area contributed by atoms with Crippen LogP contribution in [0, 0.1) is 25.2 Å². The van der Waals surface area contributed by atoms with Crippen LogP contribution in [-0.4, -0.2) is 41.3 Å². The molecule has 7 nitrogen and oxygen atoms in total. The van der Waals surface area contributed by atoms with Gasteiger partial charge in [0.2, 0.25) is 0 Å². The number of likely N-dealkylation sites (N-methyl/N-ethyl adjacent to an activating group) is 1. The number of amides is 1. The highest BCUT2D eigenvalue weighted by Crippen LogP contribution is 2.59. The van der Waals surface area contributed by atoms with Crippen LogP contribution in [0.2, 0.25) is 0 Å². The Morgan fingerprint density at radius 3 is 2.48 bits per heavy atom. The summed E-state index contributed by atoms with van der Waals surface area (Å²) in [6, 6.07) is 7.54. The van der Waals surface area contributed by atoms with E-state index in [0.29, 0.717) is 41.3 Å². The molecule has 4 aliphatic rings. The molecule has 0 bridgehead atoms. The monoisotopic (exact) mass is 541 g/mol. The molecular formula is C33H39N3O4. The van der Waals surface area contributed by atoms with Crippen molar-refractivity contribution in [1.82, 2.24) is 9.88 Å². The topological polar surface area (TPSA) is 94.8 Å². The van der Waals surface area contributed by atoms with Gasteiger partial charge in [-0.25, -0.2) is 0 Å². The number of ether oxygens (including phenoxy) is 2. The van der Waals surface area contributed by atoms with Crippen molar-refractivity contribution in [1.29, 1.82) is 0 Å². The number of carbonyl (C=O) groups is 2. The maximum Gasteiger partial charge on any atom is 0.254 e. The number of Topliss-reactive ketones (excluding diaryl/α,β-unsaturated/α-hetero) is 1. The molecule has 1 amide bonds. The minimum absolute atomic E-state index is 0.00862. The molecule has 2 atom stereocenters. The maximum atomic E-state index is 14.2. The predicted molar refractivity (Wildman–Crippen MR) is 155 cm³/mol. The zero-order valence-electron chi connectivity index (χ0n) is 24.4. The first-order valence-corrected chi connectivity index (χ1v) is 14.5. The highest BCUT2D eigenvalue weighted by Gasteiger charge is 2.55. The Labute approximate surface area is 236 Å². The highest BCUT2D eigenvalue weighted by molar-refractivity contribution is 6.07. The third-order valence-corrected chi connectivity index (χ3v) is 9.62. The number of carbonyl (C=O) groups excluding carboxylic acids is 2. The van der Waals surface area contributed by atoms with Gasteiger partial charge in [0.05, 0.1) is 41.7 Å². The maximum absolute atomic E-state index is 14.2. The first-order chi connectivity index (χ1) is 19.1. The number of hydrogen-bond acceptors (Lipinski definition) is 6. The van der Waals surface area contributed by atoms with E-state index in [2.05, 4.69) is 13.8 Å². The SMILES string of the molecule is CCN1C(=O)C2=C(OC3=C(C(=O)CC4(CCC4)C3)[C@@H]2c2c(OC)ccc(-c3ccc(N)c(C)n3)c2C)[C@H]1C(C)C. The van der Waals surface area contributed by atoms with Gasteiger partial charge in [-0.05, 0) is 74.8 Å². The zero-order valence-corrected chi connectivity index (χ0v) is 24.4. The summed E-state index contributed by atoms with van der Waals surface area (Å²) in [5.41, 5.74) is 12.2.